The van der Waals surface area contributed by atoms with E-state index in [1.807, 2.05) is 0 Å². The summed E-state index contributed by atoms with van der Waals surface area (Å²) in [6.45, 7) is 19.4. The van der Waals surface area contributed by atoms with E-state index in [2.05, 4.69) is 73.6 Å². The molecule has 4 rings (SSSR count). The predicted molar refractivity (Wildman–Crippen MR) is 133 cm³/mol. The van der Waals surface area contributed by atoms with Gasteiger partial charge >= 0.3 is 0 Å². The molecule has 0 aromatic heterocycles. The average Bonchev–Trinajstić information content (AvgIpc) is 2.96. The van der Waals surface area contributed by atoms with Gasteiger partial charge in [0.1, 0.15) is 0 Å². The molecule has 1 heteroatoms. The van der Waals surface area contributed by atoms with Gasteiger partial charge in [-0.25, -0.2) is 0 Å². The number of hydrogen-bond acceptors (Lipinski definition) is 1. The highest BCUT2D eigenvalue weighted by atomic mass is 16.3. The van der Waals surface area contributed by atoms with Crippen molar-refractivity contribution in [2.24, 2.45) is 39.4 Å². The summed E-state index contributed by atoms with van der Waals surface area (Å²) in [6.07, 6.45) is 17.3. The van der Waals surface area contributed by atoms with Crippen LogP contribution in [0.5, 0.6) is 0 Å². The van der Waals surface area contributed by atoms with E-state index >= 15 is 0 Å². The molecule has 0 heterocycles. The minimum Gasteiger partial charge on any atom is -0.393 e. The van der Waals surface area contributed by atoms with Crippen LogP contribution in [0.25, 0.3) is 0 Å². The number of aliphatic hydroxyl groups is 1. The van der Waals surface area contributed by atoms with Crippen molar-refractivity contribution in [3.8, 4) is 0 Å². The van der Waals surface area contributed by atoms with E-state index in [-0.39, 0.29) is 16.9 Å². The van der Waals surface area contributed by atoms with Gasteiger partial charge in [-0.2, -0.15) is 0 Å². The fourth-order valence-corrected chi connectivity index (χ4v) is 8.78. The molecular formula is C30H48O. The van der Waals surface area contributed by atoms with Gasteiger partial charge in [-0.1, -0.05) is 65.3 Å². The second-order valence-electron chi connectivity index (χ2n) is 13.3. The maximum atomic E-state index is 10.8. The molecule has 1 N–H and O–H groups in total. The van der Waals surface area contributed by atoms with Crippen molar-refractivity contribution in [2.75, 3.05) is 0 Å². The zero-order valence-corrected chi connectivity index (χ0v) is 21.6. The standard InChI is InChI=1S/C30H48O/c1-20(2)10-9-11-21(3)22-14-18-30(8)24-12-13-25-27(4,5)26(31)16-17-28(25,6)23(24)15-19-29(22,30)7/h10,12,15,21-22,25-26,31H,9,11,13-14,16-19H2,1-8H3/t21-,22-,25+,26-,28-,29-,30+/m1/s1. The van der Waals surface area contributed by atoms with Crippen LogP contribution >= 0.6 is 0 Å². The quantitative estimate of drug-likeness (QED) is 0.450. The van der Waals surface area contributed by atoms with Crippen LogP contribution in [0.2, 0.25) is 0 Å². The molecule has 4 aliphatic rings. The first-order valence-corrected chi connectivity index (χ1v) is 13.1. The van der Waals surface area contributed by atoms with Crippen LogP contribution in [0.15, 0.2) is 34.9 Å². The summed E-state index contributed by atoms with van der Waals surface area (Å²) in [7, 11) is 0. The number of hydrogen-bond donors (Lipinski definition) is 1. The van der Waals surface area contributed by atoms with Gasteiger partial charge in [0, 0.05) is 0 Å². The third-order valence-electron chi connectivity index (χ3n) is 11.1. The van der Waals surface area contributed by atoms with Crippen molar-refractivity contribution >= 4 is 0 Å². The topological polar surface area (TPSA) is 20.2 Å². The van der Waals surface area contributed by atoms with Gasteiger partial charge in [0.25, 0.3) is 0 Å². The Morgan fingerprint density at radius 3 is 2.45 bits per heavy atom. The molecule has 0 amide bonds. The molecule has 7 atom stereocenters. The Morgan fingerprint density at radius 2 is 1.77 bits per heavy atom. The third-order valence-corrected chi connectivity index (χ3v) is 11.1. The molecule has 0 radical (unpaired) electrons. The maximum Gasteiger partial charge on any atom is 0.0594 e. The summed E-state index contributed by atoms with van der Waals surface area (Å²) in [5.41, 5.74) is 5.73. The highest BCUT2D eigenvalue weighted by Crippen LogP contribution is 2.71. The summed E-state index contributed by atoms with van der Waals surface area (Å²) < 4.78 is 0. The van der Waals surface area contributed by atoms with E-state index in [0.29, 0.717) is 16.7 Å². The SMILES string of the molecule is CC(C)=CCC[C@@H](C)[C@H]1CC[C@@]2(C)C3=CC[C@H]4C(C)(C)[C@H](O)CC[C@]4(C)C3=CC[C@]12C. The van der Waals surface area contributed by atoms with Crippen LogP contribution in [0.3, 0.4) is 0 Å². The highest BCUT2D eigenvalue weighted by molar-refractivity contribution is 5.49. The predicted octanol–water partition coefficient (Wildman–Crippen LogP) is 8.26. The van der Waals surface area contributed by atoms with Crippen LogP contribution in [-0.4, -0.2) is 11.2 Å². The molecule has 0 bridgehead atoms. The molecule has 4 aliphatic carbocycles. The molecule has 0 unspecified atom stereocenters. The lowest BCUT2D eigenvalue weighted by molar-refractivity contribution is -0.0851. The summed E-state index contributed by atoms with van der Waals surface area (Å²) in [4.78, 5) is 0. The molecule has 0 aliphatic heterocycles. The van der Waals surface area contributed by atoms with Gasteiger partial charge in [-0.15, -0.1) is 0 Å². The molecule has 0 aromatic carbocycles. The number of fused-ring (bicyclic) bond motifs is 5. The summed E-state index contributed by atoms with van der Waals surface area (Å²) in [5, 5.41) is 10.8. The third kappa shape index (κ3) is 3.27. The summed E-state index contributed by atoms with van der Waals surface area (Å²) >= 11 is 0. The zero-order valence-electron chi connectivity index (χ0n) is 21.6. The van der Waals surface area contributed by atoms with Gasteiger partial charge in [0.2, 0.25) is 0 Å². The first-order valence-electron chi connectivity index (χ1n) is 13.1. The van der Waals surface area contributed by atoms with Gasteiger partial charge < -0.3 is 5.11 Å². The van der Waals surface area contributed by atoms with Crippen LogP contribution in [0, 0.1) is 39.4 Å². The summed E-state index contributed by atoms with van der Waals surface area (Å²) in [5.74, 6) is 2.15. The normalized spacial score (nSPS) is 44.4. The second kappa shape index (κ2) is 7.61. The minimum atomic E-state index is -0.164. The van der Waals surface area contributed by atoms with Gasteiger partial charge in [0.05, 0.1) is 6.10 Å². The Morgan fingerprint density at radius 1 is 1.06 bits per heavy atom. The Bertz CT molecular complexity index is 808. The lowest BCUT2D eigenvalue weighted by Gasteiger charge is -2.61. The number of allylic oxidation sites excluding steroid dienone is 6. The smallest absolute Gasteiger partial charge is 0.0594 e. The van der Waals surface area contributed by atoms with E-state index in [4.69, 9.17) is 0 Å². The first kappa shape index (κ1) is 23.3. The van der Waals surface area contributed by atoms with Crippen LogP contribution < -0.4 is 0 Å². The van der Waals surface area contributed by atoms with E-state index in [9.17, 15) is 5.11 Å². The fourth-order valence-electron chi connectivity index (χ4n) is 8.78. The van der Waals surface area contributed by atoms with E-state index in [1.165, 1.54) is 37.7 Å². The molecule has 2 fully saturated rings. The van der Waals surface area contributed by atoms with Gasteiger partial charge in [-0.3, -0.25) is 0 Å². The molecule has 1 nitrogen and oxygen atoms in total. The molecular weight excluding hydrogens is 376 g/mol. The van der Waals surface area contributed by atoms with Crippen molar-refractivity contribution in [3.63, 3.8) is 0 Å². The van der Waals surface area contributed by atoms with Crippen LogP contribution in [0.4, 0.5) is 0 Å². The van der Waals surface area contributed by atoms with Crippen molar-refractivity contribution < 1.29 is 5.11 Å². The van der Waals surface area contributed by atoms with E-state index in [0.717, 1.165) is 31.1 Å². The lowest BCUT2D eigenvalue weighted by Crippen LogP contribution is -2.54. The molecule has 2 saturated carbocycles. The lowest BCUT2D eigenvalue weighted by atomic mass is 9.44. The Labute approximate surface area is 192 Å². The van der Waals surface area contributed by atoms with Crippen molar-refractivity contribution in [2.45, 2.75) is 113 Å². The largest absolute Gasteiger partial charge is 0.393 e. The molecule has 31 heavy (non-hydrogen) atoms. The van der Waals surface area contributed by atoms with Crippen LogP contribution in [-0.2, 0) is 0 Å². The maximum absolute atomic E-state index is 10.8. The zero-order chi connectivity index (χ0) is 22.8. The Balaban J connectivity index is 1.66. The van der Waals surface area contributed by atoms with E-state index in [1.54, 1.807) is 11.1 Å². The number of aliphatic hydroxyl groups excluding tert-OH is 1. The van der Waals surface area contributed by atoms with Crippen LogP contribution in [0.1, 0.15) is 107 Å². The monoisotopic (exact) mass is 424 g/mol. The highest BCUT2D eigenvalue weighted by Gasteiger charge is 2.62. The minimum absolute atomic E-state index is 0.00478. The average molecular weight is 425 g/mol. The van der Waals surface area contributed by atoms with E-state index < -0.39 is 0 Å². The first-order chi connectivity index (χ1) is 14.4. The number of rotatable bonds is 4. The fraction of sp³-hybridized carbons (Fsp3) is 0.800. The van der Waals surface area contributed by atoms with Gasteiger partial charge in [0.15, 0.2) is 0 Å². The summed E-state index contributed by atoms with van der Waals surface area (Å²) in [6, 6.07) is 0. The second-order valence-corrected chi connectivity index (χ2v) is 13.3. The molecule has 174 valence electrons. The molecule has 0 spiro atoms. The van der Waals surface area contributed by atoms with Crippen molar-refractivity contribution in [3.05, 3.63) is 34.9 Å². The molecule has 0 saturated heterocycles. The van der Waals surface area contributed by atoms with Crippen molar-refractivity contribution in [1.82, 2.24) is 0 Å². The van der Waals surface area contributed by atoms with Crippen molar-refractivity contribution in [1.29, 1.82) is 0 Å². The Hall–Kier alpha value is -0.820. The molecule has 0 aromatic rings. The Kier molecular flexibility index (Phi) is 5.73. The van der Waals surface area contributed by atoms with Gasteiger partial charge in [-0.05, 0) is 116 Å².